The summed E-state index contributed by atoms with van der Waals surface area (Å²) in [4.78, 5) is 18.1. The third-order valence-corrected chi connectivity index (χ3v) is 12.4. The second-order valence-electron chi connectivity index (χ2n) is 13.4. The summed E-state index contributed by atoms with van der Waals surface area (Å²) in [6, 6.07) is 11.5. The molecule has 0 unspecified atom stereocenters. The Bertz CT molecular complexity index is 1570. The first-order chi connectivity index (χ1) is 20.0. The fourth-order valence-corrected chi connectivity index (χ4v) is 9.40. The standard InChI is InChI=1S/C31H34ClF4N3O3S/c1-27(2)25(24(40)11-14-29(12-6-13-29)31(34,35)36)37-26(38-27)28-17-30(18-28,19-28)39(16-20-9-10-22(32)23(33)15-20)43(41,42)21-7-4-3-5-8-21/h3-5,7-10,15,25H,6,11-14,16-19H2,1-2H3,(H,37,38)/t25-,28?,30?/m0/s1. The molecule has 5 aliphatic rings. The van der Waals surface area contributed by atoms with Gasteiger partial charge in [-0.2, -0.15) is 17.5 Å². The average Bonchev–Trinajstić information content (AvgIpc) is 3.17. The minimum absolute atomic E-state index is 0.0468. The van der Waals surface area contributed by atoms with Crippen LogP contribution in [0.5, 0.6) is 0 Å². The van der Waals surface area contributed by atoms with Crippen molar-refractivity contribution in [3.05, 3.63) is 64.9 Å². The molecule has 4 saturated carbocycles. The molecule has 2 aromatic rings. The summed E-state index contributed by atoms with van der Waals surface area (Å²) >= 11 is 5.86. The number of nitrogens with one attached hydrogen (secondary N) is 1. The smallest absolute Gasteiger partial charge is 0.366 e. The number of halogens is 5. The van der Waals surface area contributed by atoms with Gasteiger partial charge in [-0.1, -0.05) is 42.3 Å². The van der Waals surface area contributed by atoms with Gasteiger partial charge >= 0.3 is 6.18 Å². The van der Waals surface area contributed by atoms with Crippen molar-refractivity contribution in [1.29, 1.82) is 0 Å². The number of Topliss-reactive ketones (excluding diaryl/α,β-unsaturated/α-hetero) is 1. The lowest BCUT2D eigenvalue weighted by molar-refractivity contribution is -0.253. The molecule has 1 aliphatic heterocycles. The molecule has 0 aromatic heterocycles. The number of amidine groups is 1. The van der Waals surface area contributed by atoms with Gasteiger partial charge in [0.25, 0.3) is 0 Å². The van der Waals surface area contributed by atoms with Crippen LogP contribution in [0.2, 0.25) is 5.02 Å². The Balaban J connectivity index is 1.21. The first-order valence-corrected chi connectivity index (χ1v) is 16.3. The van der Waals surface area contributed by atoms with Gasteiger partial charge in [0, 0.05) is 23.9 Å². The third kappa shape index (κ3) is 4.90. The van der Waals surface area contributed by atoms with Gasteiger partial charge in [-0.25, -0.2) is 12.8 Å². The van der Waals surface area contributed by atoms with Crippen molar-refractivity contribution in [3.8, 4) is 0 Å². The van der Waals surface area contributed by atoms with Crippen LogP contribution in [-0.2, 0) is 21.4 Å². The number of carbonyl (C=O) groups excluding carboxylic acids is 1. The lowest BCUT2D eigenvalue weighted by Crippen LogP contribution is -2.78. The van der Waals surface area contributed by atoms with E-state index in [0.717, 1.165) is 0 Å². The Labute approximate surface area is 253 Å². The highest BCUT2D eigenvalue weighted by Gasteiger charge is 2.75. The molecule has 2 aromatic carbocycles. The zero-order valence-corrected chi connectivity index (χ0v) is 25.5. The van der Waals surface area contributed by atoms with Crippen LogP contribution in [0.15, 0.2) is 58.4 Å². The molecule has 7 rings (SSSR count). The molecule has 4 fully saturated rings. The maximum Gasteiger partial charge on any atom is 0.394 e. The second-order valence-corrected chi connectivity index (χ2v) is 15.7. The zero-order chi connectivity index (χ0) is 31.1. The number of carbonyl (C=O) groups is 1. The van der Waals surface area contributed by atoms with E-state index in [1.54, 1.807) is 24.3 Å². The molecule has 2 bridgehead atoms. The summed E-state index contributed by atoms with van der Waals surface area (Å²) in [5, 5.41) is 3.31. The number of benzene rings is 2. The lowest BCUT2D eigenvalue weighted by Gasteiger charge is -2.73. The summed E-state index contributed by atoms with van der Waals surface area (Å²) in [5.74, 6) is -0.338. The van der Waals surface area contributed by atoms with E-state index in [2.05, 4.69) is 5.32 Å². The summed E-state index contributed by atoms with van der Waals surface area (Å²) in [7, 11) is -3.96. The van der Waals surface area contributed by atoms with E-state index in [1.165, 1.54) is 28.6 Å². The van der Waals surface area contributed by atoms with E-state index >= 15 is 0 Å². The SMILES string of the molecule is CC1(C)NC(C23CC(N(Cc4ccc(Cl)c(F)c4)S(=O)(=O)c4ccccc4)(C2)C3)=N[C@H]1C(=O)CCC1(C(F)(F)F)CCC1. The van der Waals surface area contributed by atoms with Crippen molar-refractivity contribution in [2.75, 3.05) is 0 Å². The summed E-state index contributed by atoms with van der Waals surface area (Å²) in [6.07, 6.45) is -2.73. The van der Waals surface area contributed by atoms with Crippen LogP contribution in [-0.4, -0.2) is 47.6 Å². The quantitative estimate of drug-likeness (QED) is 0.289. The fourth-order valence-electron chi connectivity index (χ4n) is 7.50. The topological polar surface area (TPSA) is 78.8 Å². The molecule has 1 N–H and O–H groups in total. The molecule has 0 radical (unpaired) electrons. The maximum absolute atomic E-state index is 14.3. The van der Waals surface area contributed by atoms with Gasteiger partial charge in [0.2, 0.25) is 10.0 Å². The molecule has 1 heterocycles. The van der Waals surface area contributed by atoms with Crippen LogP contribution in [0.4, 0.5) is 17.6 Å². The van der Waals surface area contributed by atoms with E-state index in [4.69, 9.17) is 16.6 Å². The number of rotatable bonds is 10. The number of sulfonamides is 1. The molecule has 12 heteroatoms. The number of hydrogen-bond acceptors (Lipinski definition) is 5. The van der Waals surface area contributed by atoms with Crippen LogP contribution < -0.4 is 5.32 Å². The third-order valence-electron chi connectivity index (χ3n) is 10.1. The van der Waals surface area contributed by atoms with Crippen LogP contribution in [0, 0.1) is 16.6 Å². The van der Waals surface area contributed by atoms with Crippen LogP contribution in [0.3, 0.4) is 0 Å². The molecule has 232 valence electrons. The highest BCUT2D eigenvalue weighted by molar-refractivity contribution is 7.89. The first kappa shape index (κ1) is 30.5. The molecular weight excluding hydrogens is 606 g/mol. The minimum Gasteiger partial charge on any atom is -0.366 e. The monoisotopic (exact) mass is 639 g/mol. The maximum atomic E-state index is 14.3. The summed E-state index contributed by atoms with van der Waals surface area (Å²) in [6.45, 7) is 3.59. The van der Waals surface area contributed by atoms with Crippen molar-refractivity contribution in [1.82, 2.24) is 9.62 Å². The summed E-state index contributed by atoms with van der Waals surface area (Å²) < 4.78 is 84.5. The average molecular weight is 640 g/mol. The molecule has 0 saturated heterocycles. The molecule has 0 spiro atoms. The van der Waals surface area contributed by atoms with Gasteiger partial charge in [0.15, 0.2) is 5.78 Å². The number of aliphatic imine (C=N–C) groups is 1. The Morgan fingerprint density at radius 2 is 1.74 bits per heavy atom. The van der Waals surface area contributed by atoms with Gasteiger partial charge in [-0.15, -0.1) is 0 Å². The van der Waals surface area contributed by atoms with Crippen LogP contribution >= 0.6 is 11.6 Å². The van der Waals surface area contributed by atoms with Gasteiger partial charge in [-0.05, 0) is 82.2 Å². The van der Waals surface area contributed by atoms with Crippen LogP contribution in [0.25, 0.3) is 0 Å². The van der Waals surface area contributed by atoms with E-state index in [0.29, 0.717) is 37.1 Å². The number of ketones is 1. The Hall–Kier alpha value is -2.50. The Kier molecular flexibility index (Phi) is 7.10. The molecular formula is C31H34ClF4N3O3S. The predicted molar refractivity (Wildman–Crippen MR) is 155 cm³/mol. The highest BCUT2D eigenvalue weighted by Crippen LogP contribution is 2.71. The van der Waals surface area contributed by atoms with E-state index in [1.807, 2.05) is 13.8 Å². The van der Waals surface area contributed by atoms with E-state index < -0.39 is 50.0 Å². The highest BCUT2D eigenvalue weighted by atomic mass is 35.5. The normalized spacial score (nSPS) is 28.7. The Morgan fingerprint density at radius 3 is 2.30 bits per heavy atom. The lowest BCUT2D eigenvalue weighted by atomic mass is 9.38. The van der Waals surface area contributed by atoms with Crippen molar-refractivity contribution in [2.45, 2.75) is 100.0 Å². The Morgan fingerprint density at radius 1 is 1.09 bits per heavy atom. The largest absolute Gasteiger partial charge is 0.394 e. The van der Waals surface area contributed by atoms with Gasteiger partial charge in [-0.3, -0.25) is 9.79 Å². The molecule has 4 aliphatic carbocycles. The van der Waals surface area contributed by atoms with E-state index in [-0.39, 0.29) is 47.9 Å². The van der Waals surface area contributed by atoms with Gasteiger partial charge < -0.3 is 5.32 Å². The summed E-state index contributed by atoms with van der Waals surface area (Å²) in [5.41, 5.74) is -3.26. The zero-order valence-electron chi connectivity index (χ0n) is 24.0. The molecule has 0 amide bonds. The van der Waals surface area contributed by atoms with Gasteiger partial charge in [0.1, 0.15) is 17.7 Å². The van der Waals surface area contributed by atoms with Crippen molar-refractivity contribution >= 4 is 33.2 Å². The van der Waals surface area contributed by atoms with Crippen molar-refractivity contribution < 1.29 is 30.8 Å². The number of nitrogens with zero attached hydrogens (tertiary/aromatic N) is 2. The van der Waals surface area contributed by atoms with Crippen molar-refractivity contribution in [2.24, 2.45) is 15.8 Å². The van der Waals surface area contributed by atoms with Crippen molar-refractivity contribution in [3.63, 3.8) is 0 Å². The first-order valence-electron chi connectivity index (χ1n) is 14.5. The molecule has 6 nitrogen and oxygen atoms in total. The van der Waals surface area contributed by atoms with Gasteiger partial charge in [0.05, 0.1) is 20.9 Å². The number of hydrogen-bond donors (Lipinski definition) is 1. The van der Waals surface area contributed by atoms with E-state index in [9.17, 15) is 30.8 Å². The predicted octanol–water partition coefficient (Wildman–Crippen LogP) is 6.82. The minimum atomic E-state index is -4.33. The second kappa shape index (κ2) is 10.0. The number of alkyl halides is 3. The molecule has 43 heavy (non-hydrogen) atoms. The molecule has 1 atom stereocenters. The fraction of sp³-hybridized carbons (Fsp3) is 0.548. The van der Waals surface area contributed by atoms with Crippen LogP contribution in [0.1, 0.15) is 70.8 Å².